The van der Waals surface area contributed by atoms with Crippen LogP contribution in [0.1, 0.15) is 350 Å². The number of esters is 4. The van der Waals surface area contributed by atoms with Gasteiger partial charge in [0.1, 0.15) is 19.3 Å². The highest BCUT2D eigenvalue weighted by Gasteiger charge is 2.30. The number of phosphoric acid groups is 2. The van der Waals surface area contributed by atoms with Crippen molar-refractivity contribution in [1.82, 2.24) is 0 Å². The maximum absolute atomic E-state index is 13.0. The number of hydrogen-bond acceptors (Lipinski definition) is 15. The summed E-state index contributed by atoms with van der Waals surface area (Å²) in [4.78, 5) is 72.4. The van der Waals surface area contributed by atoms with E-state index < -0.39 is 97.5 Å². The van der Waals surface area contributed by atoms with E-state index in [-0.39, 0.29) is 25.7 Å². The van der Waals surface area contributed by atoms with E-state index in [4.69, 9.17) is 37.0 Å². The molecule has 89 heavy (non-hydrogen) atoms. The van der Waals surface area contributed by atoms with Gasteiger partial charge in [0.05, 0.1) is 26.4 Å². The molecule has 0 saturated carbocycles. The molecular weight excluding hydrogens is 1170 g/mol. The lowest BCUT2D eigenvalue weighted by atomic mass is 10.0. The number of phosphoric ester groups is 2. The van der Waals surface area contributed by atoms with Crippen LogP contribution in [0, 0.1) is 17.8 Å². The zero-order valence-corrected chi connectivity index (χ0v) is 59.7. The zero-order valence-electron chi connectivity index (χ0n) is 57.9. The summed E-state index contributed by atoms with van der Waals surface area (Å²) in [5.41, 5.74) is 0. The fourth-order valence-electron chi connectivity index (χ4n) is 10.5. The summed E-state index contributed by atoms with van der Waals surface area (Å²) in [5.74, 6) is 0.104. The second-order valence-electron chi connectivity index (χ2n) is 26.7. The third-order valence-corrected chi connectivity index (χ3v) is 18.0. The molecule has 0 aromatic carbocycles. The lowest BCUT2D eigenvalue weighted by Crippen LogP contribution is -2.30. The Hall–Kier alpha value is -1.94. The van der Waals surface area contributed by atoms with Crippen LogP contribution in [0.3, 0.4) is 0 Å². The van der Waals surface area contributed by atoms with E-state index in [0.29, 0.717) is 31.6 Å². The molecular formula is C70H136O17P2. The molecule has 0 rings (SSSR count). The molecule has 0 amide bonds. The highest BCUT2D eigenvalue weighted by molar-refractivity contribution is 7.47. The van der Waals surface area contributed by atoms with Gasteiger partial charge in [0.2, 0.25) is 0 Å². The van der Waals surface area contributed by atoms with E-state index in [0.717, 1.165) is 108 Å². The Kier molecular flexibility index (Phi) is 59.6. The number of carbonyl (C=O) groups is 4. The van der Waals surface area contributed by atoms with Crippen molar-refractivity contribution >= 4 is 39.5 Å². The highest BCUT2D eigenvalue weighted by Crippen LogP contribution is 2.45. The Bertz CT molecular complexity index is 1750. The molecule has 528 valence electrons. The molecule has 0 radical (unpaired) electrons. The van der Waals surface area contributed by atoms with Gasteiger partial charge in [-0.25, -0.2) is 9.13 Å². The van der Waals surface area contributed by atoms with Crippen LogP contribution in [-0.4, -0.2) is 96.7 Å². The second kappa shape index (κ2) is 61.0. The van der Waals surface area contributed by atoms with Crippen LogP contribution in [0.4, 0.5) is 0 Å². The molecule has 0 spiro atoms. The molecule has 0 aliphatic carbocycles. The Morgan fingerprint density at radius 2 is 0.517 bits per heavy atom. The van der Waals surface area contributed by atoms with E-state index in [1.165, 1.54) is 154 Å². The molecule has 0 aromatic rings. The maximum Gasteiger partial charge on any atom is 0.472 e. The molecule has 19 heteroatoms. The van der Waals surface area contributed by atoms with Crippen LogP contribution in [0.5, 0.6) is 0 Å². The van der Waals surface area contributed by atoms with Crippen molar-refractivity contribution in [3.63, 3.8) is 0 Å². The topological polar surface area (TPSA) is 237 Å². The van der Waals surface area contributed by atoms with Gasteiger partial charge in [-0.05, 0) is 43.4 Å². The average Bonchev–Trinajstić information content (AvgIpc) is 3.56. The third-order valence-electron chi connectivity index (χ3n) is 16.1. The highest BCUT2D eigenvalue weighted by atomic mass is 31.2. The molecule has 0 saturated heterocycles. The van der Waals surface area contributed by atoms with Crippen molar-refractivity contribution in [1.29, 1.82) is 0 Å². The molecule has 3 N–H and O–H groups in total. The molecule has 2 unspecified atom stereocenters. The van der Waals surface area contributed by atoms with Gasteiger partial charge in [0.25, 0.3) is 0 Å². The Balaban J connectivity index is 5.18. The fourth-order valence-corrected chi connectivity index (χ4v) is 12.1. The van der Waals surface area contributed by atoms with E-state index in [2.05, 4.69) is 48.5 Å². The van der Waals surface area contributed by atoms with Gasteiger partial charge in [0, 0.05) is 25.7 Å². The van der Waals surface area contributed by atoms with Crippen LogP contribution in [0.25, 0.3) is 0 Å². The largest absolute Gasteiger partial charge is 0.472 e. The summed E-state index contributed by atoms with van der Waals surface area (Å²) in [6.45, 7) is 11.8. The van der Waals surface area contributed by atoms with Gasteiger partial charge >= 0.3 is 39.5 Å². The number of hydrogen-bond donors (Lipinski definition) is 3. The monoisotopic (exact) mass is 1310 g/mol. The smallest absolute Gasteiger partial charge is 0.462 e. The van der Waals surface area contributed by atoms with E-state index in [1.54, 1.807) is 0 Å². The predicted octanol–water partition coefficient (Wildman–Crippen LogP) is 19.8. The lowest BCUT2D eigenvalue weighted by Gasteiger charge is -2.21. The van der Waals surface area contributed by atoms with Crippen molar-refractivity contribution in [2.75, 3.05) is 39.6 Å². The number of aliphatic hydroxyl groups is 1. The summed E-state index contributed by atoms with van der Waals surface area (Å²) in [7, 11) is -9.89. The maximum atomic E-state index is 13.0. The minimum Gasteiger partial charge on any atom is -0.462 e. The SMILES string of the molecule is CCCCCCCCCCC(=O)OC[C@H](COP(=O)(O)OC[C@H](O)COP(=O)(O)OC[C@@H](COC(=O)CCCCCCCCCCCCC(C)C)OC(=O)CCCCCCCCCCCCCCCCCCC(C)C)OC(=O)CCCCCCCCC(C)C. The first kappa shape index (κ1) is 87.1. The Morgan fingerprint density at radius 1 is 0.303 bits per heavy atom. The first-order valence-corrected chi connectivity index (χ1v) is 39.3. The summed E-state index contributed by atoms with van der Waals surface area (Å²) in [6, 6.07) is 0. The van der Waals surface area contributed by atoms with Gasteiger partial charge in [-0.1, -0.05) is 299 Å². The van der Waals surface area contributed by atoms with E-state index >= 15 is 0 Å². The van der Waals surface area contributed by atoms with Gasteiger partial charge in [-0.2, -0.15) is 0 Å². The first-order chi connectivity index (χ1) is 42.7. The molecule has 17 nitrogen and oxygen atoms in total. The van der Waals surface area contributed by atoms with Gasteiger partial charge in [0.15, 0.2) is 12.2 Å². The molecule has 0 aliphatic heterocycles. The molecule has 0 fully saturated rings. The van der Waals surface area contributed by atoms with Crippen LogP contribution in [0.2, 0.25) is 0 Å². The Morgan fingerprint density at radius 3 is 0.764 bits per heavy atom. The van der Waals surface area contributed by atoms with Crippen molar-refractivity contribution < 1.29 is 80.2 Å². The minimum atomic E-state index is -4.95. The van der Waals surface area contributed by atoms with E-state index in [1.807, 2.05) is 0 Å². The third kappa shape index (κ3) is 64.6. The van der Waals surface area contributed by atoms with Gasteiger partial charge in [-0.15, -0.1) is 0 Å². The normalized spacial score (nSPS) is 14.2. The summed E-state index contributed by atoms with van der Waals surface area (Å²) in [5, 5.41) is 10.6. The molecule has 0 heterocycles. The van der Waals surface area contributed by atoms with Crippen molar-refractivity contribution in [3.05, 3.63) is 0 Å². The van der Waals surface area contributed by atoms with Crippen molar-refractivity contribution in [2.24, 2.45) is 17.8 Å². The molecule has 0 aliphatic rings. The Labute approximate surface area is 543 Å². The standard InChI is InChI=1S/C70H136O17P2/c1-8-9-10-11-12-29-37-44-51-67(72)80-58-66(87-70(75)54-47-40-33-32-36-43-50-63(6)7)60-85-89(78,79)83-56-64(71)55-82-88(76,77)84-59-65(57-81-68(73)52-45-38-30-25-22-21-24-28-35-42-49-62(4)5)86-69(74)53-46-39-31-26-20-18-16-14-13-15-17-19-23-27-34-41-48-61(2)3/h61-66,71H,8-60H2,1-7H3,(H,76,77)(H,78,79)/t64-,65-,66-/m1/s1. The lowest BCUT2D eigenvalue weighted by molar-refractivity contribution is -0.161. The quantitative estimate of drug-likeness (QED) is 0.0222. The van der Waals surface area contributed by atoms with Crippen molar-refractivity contribution in [2.45, 2.75) is 369 Å². The average molecular weight is 1310 g/mol. The second-order valence-corrected chi connectivity index (χ2v) is 29.6. The fraction of sp³-hybridized carbons (Fsp3) is 0.943. The summed E-state index contributed by atoms with van der Waals surface area (Å²) in [6.07, 6.45) is 44.7. The van der Waals surface area contributed by atoms with Gasteiger partial charge < -0.3 is 33.8 Å². The number of carbonyl (C=O) groups excluding carboxylic acids is 4. The predicted molar refractivity (Wildman–Crippen MR) is 358 cm³/mol. The molecule has 0 aromatic heterocycles. The molecule has 5 atom stereocenters. The summed E-state index contributed by atoms with van der Waals surface area (Å²) >= 11 is 0. The van der Waals surface area contributed by atoms with E-state index in [9.17, 15) is 43.2 Å². The first-order valence-electron chi connectivity index (χ1n) is 36.3. The number of rotatable bonds is 68. The van der Waals surface area contributed by atoms with Gasteiger partial charge in [-0.3, -0.25) is 37.3 Å². The van der Waals surface area contributed by atoms with Crippen LogP contribution in [0.15, 0.2) is 0 Å². The molecule has 0 bridgehead atoms. The number of ether oxygens (including phenoxy) is 4. The van der Waals surface area contributed by atoms with Crippen LogP contribution >= 0.6 is 15.6 Å². The number of unbranched alkanes of at least 4 members (excludes halogenated alkanes) is 36. The van der Waals surface area contributed by atoms with Crippen LogP contribution in [-0.2, 0) is 65.4 Å². The minimum absolute atomic E-state index is 0.102. The summed E-state index contributed by atoms with van der Waals surface area (Å²) < 4.78 is 68.1. The number of aliphatic hydroxyl groups excluding tert-OH is 1. The van der Waals surface area contributed by atoms with Crippen LogP contribution < -0.4 is 0 Å². The van der Waals surface area contributed by atoms with Crippen molar-refractivity contribution in [3.8, 4) is 0 Å². The zero-order chi connectivity index (χ0) is 65.9.